The molecule has 0 aliphatic rings. The fraction of sp³-hybridized carbons (Fsp3) is 0.273. The molecule has 0 saturated carbocycles. The van der Waals surface area contributed by atoms with E-state index in [0.29, 0.717) is 18.5 Å². The van der Waals surface area contributed by atoms with Gasteiger partial charge in [-0.05, 0) is 31.0 Å². The van der Waals surface area contributed by atoms with E-state index in [2.05, 4.69) is 21.2 Å². The summed E-state index contributed by atoms with van der Waals surface area (Å²) in [5.74, 6) is -1.31. The lowest BCUT2D eigenvalue weighted by Gasteiger charge is -2.05. The maximum absolute atomic E-state index is 11.5. The molecule has 0 radical (unpaired) electrons. The Kier molecular flexibility index (Phi) is 4.98. The minimum Gasteiger partial charge on any atom is -0.550 e. The summed E-state index contributed by atoms with van der Waals surface area (Å²) in [6.07, 6.45) is 0.334. The van der Waals surface area contributed by atoms with Crippen molar-refractivity contribution in [2.75, 3.05) is 6.54 Å². The van der Waals surface area contributed by atoms with Crippen LogP contribution < -0.4 is 10.4 Å². The van der Waals surface area contributed by atoms with E-state index in [-0.39, 0.29) is 12.3 Å². The molecule has 1 aromatic carbocycles. The molecular formula is C11H11BrNO3-. The first-order valence-electron chi connectivity index (χ1n) is 4.83. The van der Waals surface area contributed by atoms with E-state index >= 15 is 0 Å². The standard InChI is InChI=1S/C11H12BrNO3/c12-9-4-1-3-8(7-9)11(16)13-6-2-5-10(14)15/h1,3-4,7H,2,5-6H2,(H,13,16)(H,14,15)/p-1. The van der Waals surface area contributed by atoms with Crippen molar-refractivity contribution >= 4 is 27.8 Å². The highest BCUT2D eigenvalue weighted by Crippen LogP contribution is 2.11. The molecule has 0 aliphatic heterocycles. The van der Waals surface area contributed by atoms with Crippen LogP contribution >= 0.6 is 15.9 Å². The van der Waals surface area contributed by atoms with Gasteiger partial charge in [0.25, 0.3) is 5.91 Å². The molecule has 1 aromatic rings. The normalized spacial score (nSPS) is 9.81. The van der Waals surface area contributed by atoms with Gasteiger partial charge in [0.2, 0.25) is 0 Å². The number of nitrogens with one attached hydrogen (secondary N) is 1. The number of amides is 1. The number of rotatable bonds is 5. The van der Waals surface area contributed by atoms with Crippen LogP contribution in [-0.4, -0.2) is 18.4 Å². The Morgan fingerprint density at radius 3 is 2.75 bits per heavy atom. The fourth-order valence-corrected chi connectivity index (χ4v) is 1.57. The Morgan fingerprint density at radius 2 is 2.12 bits per heavy atom. The van der Waals surface area contributed by atoms with E-state index in [4.69, 9.17) is 0 Å². The van der Waals surface area contributed by atoms with E-state index in [9.17, 15) is 14.7 Å². The highest BCUT2D eigenvalue weighted by Gasteiger charge is 2.04. The summed E-state index contributed by atoms with van der Waals surface area (Å²) in [5.41, 5.74) is 0.544. The number of aliphatic carboxylic acids is 1. The molecule has 4 nitrogen and oxygen atoms in total. The van der Waals surface area contributed by atoms with Crippen LogP contribution in [0.4, 0.5) is 0 Å². The van der Waals surface area contributed by atoms with E-state index in [1.165, 1.54) is 0 Å². The van der Waals surface area contributed by atoms with Gasteiger partial charge >= 0.3 is 0 Å². The Balaban J connectivity index is 2.38. The van der Waals surface area contributed by atoms with Gasteiger partial charge in [0.05, 0.1) is 0 Å². The van der Waals surface area contributed by atoms with Crippen molar-refractivity contribution in [1.29, 1.82) is 0 Å². The number of carbonyl (C=O) groups is 2. The number of carboxylic acid groups (broad SMARTS) is 1. The zero-order valence-corrected chi connectivity index (χ0v) is 10.1. The van der Waals surface area contributed by atoms with Gasteiger partial charge in [-0.2, -0.15) is 0 Å². The summed E-state index contributed by atoms with van der Waals surface area (Å²) in [7, 11) is 0. The topological polar surface area (TPSA) is 69.2 Å². The molecule has 0 fully saturated rings. The van der Waals surface area contributed by atoms with Crippen molar-refractivity contribution in [3.8, 4) is 0 Å². The highest BCUT2D eigenvalue weighted by molar-refractivity contribution is 9.10. The van der Waals surface area contributed by atoms with Gasteiger partial charge in [-0.25, -0.2) is 0 Å². The molecule has 1 amide bonds. The van der Waals surface area contributed by atoms with Crippen LogP contribution in [0.15, 0.2) is 28.7 Å². The maximum atomic E-state index is 11.5. The van der Waals surface area contributed by atoms with Crippen molar-refractivity contribution in [2.45, 2.75) is 12.8 Å². The van der Waals surface area contributed by atoms with Crippen molar-refractivity contribution in [3.05, 3.63) is 34.3 Å². The number of hydrogen-bond donors (Lipinski definition) is 1. The lowest BCUT2D eigenvalue weighted by Crippen LogP contribution is -2.27. The molecule has 0 heterocycles. The number of carboxylic acids is 1. The third kappa shape index (κ3) is 4.44. The van der Waals surface area contributed by atoms with Crippen LogP contribution in [0, 0.1) is 0 Å². The summed E-state index contributed by atoms with van der Waals surface area (Å²) in [5, 5.41) is 12.8. The maximum Gasteiger partial charge on any atom is 0.251 e. The number of carbonyl (C=O) groups excluding carboxylic acids is 2. The van der Waals surface area contributed by atoms with Crippen LogP contribution in [0.1, 0.15) is 23.2 Å². The van der Waals surface area contributed by atoms with Crippen LogP contribution in [0.3, 0.4) is 0 Å². The molecule has 0 atom stereocenters. The van der Waals surface area contributed by atoms with Crippen molar-refractivity contribution < 1.29 is 14.7 Å². The van der Waals surface area contributed by atoms with Crippen molar-refractivity contribution in [2.24, 2.45) is 0 Å². The predicted octanol–water partition coefficient (Wildman–Crippen LogP) is 0.709. The second kappa shape index (κ2) is 6.27. The first-order valence-corrected chi connectivity index (χ1v) is 5.62. The monoisotopic (exact) mass is 284 g/mol. The molecule has 1 rings (SSSR count). The molecular weight excluding hydrogens is 274 g/mol. The van der Waals surface area contributed by atoms with E-state index in [1.54, 1.807) is 18.2 Å². The van der Waals surface area contributed by atoms with Gasteiger partial charge in [-0.15, -0.1) is 0 Å². The molecule has 0 unspecified atom stereocenters. The molecule has 0 bridgehead atoms. The second-order valence-corrected chi connectivity index (χ2v) is 4.16. The Hall–Kier alpha value is -1.36. The van der Waals surface area contributed by atoms with Crippen LogP contribution in [-0.2, 0) is 4.79 Å². The zero-order valence-electron chi connectivity index (χ0n) is 8.53. The summed E-state index contributed by atoms with van der Waals surface area (Å²) in [6, 6.07) is 6.99. The molecule has 16 heavy (non-hydrogen) atoms. The third-order valence-electron chi connectivity index (χ3n) is 1.93. The first-order chi connectivity index (χ1) is 7.59. The quantitative estimate of drug-likeness (QED) is 0.810. The average molecular weight is 285 g/mol. The molecule has 0 saturated heterocycles. The average Bonchev–Trinajstić information content (AvgIpc) is 2.24. The Labute approximate surface area is 102 Å². The van der Waals surface area contributed by atoms with Gasteiger partial charge in [0.15, 0.2) is 0 Å². The number of benzene rings is 1. The van der Waals surface area contributed by atoms with Crippen LogP contribution in [0.5, 0.6) is 0 Å². The van der Waals surface area contributed by atoms with Gasteiger partial charge in [-0.3, -0.25) is 4.79 Å². The van der Waals surface area contributed by atoms with Gasteiger partial charge in [-0.1, -0.05) is 22.0 Å². The van der Waals surface area contributed by atoms with E-state index < -0.39 is 5.97 Å². The zero-order chi connectivity index (χ0) is 12.0. The smallest absolute Gasteiger partial charge is 0.251 e. The molecule has 1 N–H and O–H groups in total. The minimum absolute atomic E-state index is 0.0429. The lowest BCUT2D eigenvalue weighted by atomic mass is 10.2. The molecule has 0 aromatic heterocycles. The summed E-state index contributed by atoms with van der Waals surface area (Å²) in [6.45, 7) is 0.333. The van der Waals surface area contributed by atoms with Crippen molar-refractivity contribution in [1.82, 2.24) is 5.32 Å². The highest BCUT2D eigenvalue weighted by atomic mass is 79.9. The Bertz CT molecular complexity index is 393. The summed E-state index contributed by atoms with van der Waals surface area (Å²) < 4.78 is 0.829. The first kappa shape index (κ1) is 12.7. The predicted molar refractivity (Wildman–Crippen MR) is 60.7 cm³/mol. The molecule has 0 spiro atoms. The minimum atomic E-state index is -1.10. The lowest BCUT2D eigenvalue weighted by molar-refractivity contribution is -0.305. The SMILES string of the molecule is O=C([O-])CCCNC(=O)c1cccc(Br)c1. The largest absolute Gasteiger partial charge is 0.550 e. The van der Waals surface area contributed by atoms with Crippen molar-refractivity contribution in [3.63, 3.8) is 0 Å². The third-order valence-corrected chi connectivity index (χ3v) is 2.42. The summed E-state index contributed by atoms with van der Waals surface area (Å²) in [4.78, 5) is 21.7. The molecule has 86 valence electrons. The fourth-order valence-electron chi connectivity index (χ4n) is 1.17. The van der Waals surface area contributed by atoms with Gasteiger partial charge < -0.3 is 15.2 Å². The molecule has 5 heteroatoms. The van der Waals surface area contributed by atoms with Gasteiger partial charge in [0.1, 0.15) is 0 Å². The van der Waals surface area contributed by atoms with E-state index in [0.717, 1.165) is 4.47 Å². The van der Waals surface area contributed by atoms with Gasteiger partial charge in [0, 0.05) is 22.6 Å². The van der Waals surface area contributed by atoms with Crippen LogP contribution in [0.25, 0.3) is 0 Å². The Morgan fingerprint density at radius 1 is 1.38 bits per heavy atom. The second-order valence-electron chi connectivity index (χ2n) is 3.24. The summed E-state index contributed by atoms with van der Waals surface area (Å²) >= 11 is 3.27. The van der Waals surface area contributed by atoms with E-state index in [1.807, 2.05) is 6.07 Å². The molecule has 0 aliphatic carbocycles. The van der Waals surface area contributed by atoms with Crippen LogP contribution in [0.2, 0.25) is 0 Å². The number of halogens is 1. The number of hydrogen-bond acceptors (Lipinski definition) is 3.